The molecule has 0 radical (unpaired) electrons. The predicted molar refractivity (Wildman–Crippen MR) is 167 cm³/mol. The molecule has 0 saturated carbocycles. The van der Waals surface area contributed by atoms with Crippen LogP contribution in [0.2, 0.25) is 0 Å². The molecule has 0 saturated heterocycles. The minimum Gasteiger partial charge on any atom is -0.359 e. The van der Waals surface area contributed by atoms with Crippen molar-refractivity contribution in [2.45, 2.75) is 71.1 Å². The fourth-order valence-corrected chi connectivity index (χ4v) is 5.12. The number of benzene rings is 1. The Kier molecular flexibility index (Phi) is 11.7. The van der Waals surface area contributed by atoms with E-state index in [4.69, 9.17) is 4.52 Å². The third-order valence-electron chi connectivity index (χ3n) is 7.69. The molecule has 3 atom stereocenters. The number of nitrogens with one attached hydrogen (secondary N) is 4. The zero-order chi connectivity index (χ0) is 33.2. The fourth-order valence-electron chi connectivity index (χ4n) is 5.12. The number of aryl methyl sites for hydroxylation is 2. The lowest BCUT2D eigenvalue weighted by Crippen LogP contribution is -2.57. The Hall–Kier alpha value is -5.01. The third kappa shape index (κ3) is 9.49. The zero-order valence-corrected chi connectivity index (χ0v) is 26.6. The molecule has 46 heavy (non-hydrogen) atoms. The molecule has 14 nitrogen and oxygen atoms in total. The summed E-state index contributed by atoms with van der Waals surface area (Å²) in [5.74, 6) is -2.09. The van der Waals surface area contributed by atoms with Crippen molar-refractivity contribution in [2.24, 2.45) is 13.0 Å². The van der Waals surface area contributed by atoms with Gasteiger partial charge in [0, 0.05) is 50.9 Å². The maximum atomic E-state index is 13.5. The molecule has 3 heterocycles. The van der Waals surface area contributed by atoms with E-state index in [1.165, 1.54) is 17.9 Å². The molecule has 4 N–H and O–H groups in total. The molecule has 0 unspecified atom stereocenters. The summed E-state index contributed by atoms with van der Waals surface area (Å²) in [4.78, 5) is 68.0. The Balaban J connectivity index is 1.60. The van der Waals surface area contributed by atoms with E-state index in [0.717, 1.165) is 11.3 Å². The number of carbonyl (C=O) groups is 5. The molecular formula is C32H42N8O6. The maximum Gasteiger partial charge on any atom is 0.274 e. The molecule has 0 aliphatic carbocycles. The van der Waals surface area contributed by atoms with Crippen molar-refractivity contribution in [1.29, 1.82) is 0 Å². The molecular weight excluding hydrogens is 592 g/mol. The molecule has 3 aromatic rings. The SMILES string of the molecule is CC(C)C[C@H]1NC(=O)[C@@H](C)NC(=O)c2cc(on2)CN(C(=O)CCc2ccnn2C)CCNC(=O)[C@@H](Cc2ccccc2)NC1=O. The van der Waals surface area contributed by atoms with Gasteiger partial charge in [0.05, 0.1) is 6.54 Å². The lowest BCUT2D eigenvalue weighted by molar-refractivity contribution is -0.133. The molecule has 1 aromatic carbocycles. The highest BCUT2D eigenvalue weighted by atomic mass is 16.5. The third-order valence-corrected chi connectivity index (χ3v) is 7.69. The van der Waals surface area contributed by atoms with Gasteiger partial charge < -0.3 is 30.7 Å². The van der Waals surface area contributed by atoms with Gasteiger partial charge in [0.1, 0.15) is 18.1 Å². The number of hydrogen-bond donors (Lipinski definition) is 4. The van der Waals surface area contributed by atoms with Crippen molar-refractivity contribution in [2.75, 3.05) is 13.1 Å². The summed E-state index contributed by atoms with van der Waals surface area (Å²) in [6, 6.07) is 9.59. The van der Waals surface area contributed by atoms with Gasteiger partial charge in [-0.15, -0.1) is 0 Å². The smallest absolute Gasteiger partial charge is 0.274 e. The number of amides is 5. The normalized spacial score (nSPS) is 20.3. The predicted octanol–water partition coefficient (Wildman–Crippen LogP) is 0.876. The van der Waals surface area contributed by atoms with Crippen molar-refractivity contribution < 1.29 is 28.5 Å². The number of aromatic nitrogens is 3. The van der Waals surface area contributed by atoms with Crippen LogP contribution < -0.4 is 21.3 Å². The number of fused-ring (bicyclic) bond motifs is 2. The Morgan fingerprint density at radius 2 is 1.74 bits per heavy atom. The van der Waals surface area contributed by atoms with Crippen LogP contribution in [0.3, 0.4) is 0 Å². The van der Waals surface area contributed by atoms with Gasteiger partial charge in [0.15, 0.2) is 11.5 Å². The van der Waals surface area contributed by atoms with E-state index < -0.39 is 41.8 Å². The summed E-state index contributed by atoms with van der Waals surface area (Å²) in [6.45, 7) is 5.53. The summed E-state index contributed by atoms with van der Waals surface area (Å²) in [5.41, 5.74) is 1.65. The number of carbonyl (C=O) groups excluding carboxylic acids is 5. The molecule has 5 amide bonds. The summed E-state index contributed by atoms with van der Waals surface area (Å²) in [7, 11) is 1.80. The van der Waals surface area contributed by atoms with Crippen molar-refractivity contribution in [3.8, 4) is 0 Å². The van der Waals surface area contributed by atoms with Crippen LogP contribution in [0.25, 0.3) is 0 Å². The van der Waals surface area contributed by atoms with E-state index in [0.29, 0.717) is 12.8 Å². The number of nitrogens with zero attached hydrogens (tertiary/aromatic N) is 4. The molecule has 2 aromatic heterocycles. The molecule has 1 aliphatic rings. The van der Waals surface area contributed by atoms with Crippen LogP contribution in [0.5, 0.6) is 0 Å². The van der Waals surface area contributed by atoms with Crippen LogP contribution >= 0.6 is 0 Å². The van der Waals surface area contributed by atoms with Crippen LogP contribution in [0.1, 0.15) is 61.1 Å². The summed E-state index contributed by atoms with van der Waals surface area (Å²) < 4.78 is 7.08. The van der Waals surface area contributed by atoms with Gasteiger partial charge in [-0.3, -0.25) is 28.7 Å². The van der Waals surface area contributed by atoms with E-state index in [1.54, 1.807) is 17.9 Å². The van der Waals surface area contributed by atoms with Gasteiger partial charge in [-0.1, -0.05) is 49.3 Å². The first-order valence-corrected chi connectivity index (χ1v) is 15.4. The van der Waals surface area contributed by atoms with Crippen molar-refractivity contribution >= 4 is 29.5 Å². The highest BCUT2D eigenvalue weighted by molar-refractivity contribution is 5.97. The van der Waals surface area contributed by atoms with E-state index in [-0.39, 0.29) is 55.8 Å². The first-order chi connectivity index (χ1) is 22.0. The zero-order valence-electron chi connectivity index (χ0n) is 26.6. The maximum absolute atomic E-state index is 13.5. The number of hydrogen-bond acceptors (Lipinski definition) is 8. The molecule has 4 rings (SSSR count). The lowest BCUT2D eigenvalue weighted by Gasteiger charge is -2.26. The first kappa shape index (κ1) is 33.9. The summed E-state index contributed by atoms with van der Waals surface area (Å²) in [5, 5.41) is 19.0. The monoisotopic (exact) mass is 634 g/mol. The quantitative estimate of drug-likeness (QED) is 0.296. The van der Waals surface area contributed by atoms with E-state index >= 15 is 0 Å². The molecule has 0 spiro atoms. The minimum atomic E-state index is -1.01. The van der Waals surface area contributed by atoms with Gasteiger partial charge in [-0.25, -0.2) is 0 Å². The molecule has 246 valence electrons. The van der Waals surface area contributed by atoms with Crippen LogP contribution in [0, 0.1) is 5.92 Å². The van der Waals surface area contributed by atoms with E-state index in [1.807, 2.05) is 50.2 Å². The van der Waals surface area contributed by atoms with Gasteiger partial charge in [0.25, 0.3) is 5.91 Å². The van der Waals surface area contributed by atoms with Gasteiger partial charge >= 0.3 is 0 Å². The Morgan fingerprint density at radius 1 is 1.00 bits per heavy atom. The van der Waals surface area contributed by atoms with Gasteiger partial charge in [-0.2, -0.15) is 5.10 Å². The lowest BCUT2D eigenvalue weighted by atomic mass is 10.0. The van der Waals surface area contributed by atoms with E-state index in [2.05, 4.69) is 31.5 Å². The largest absolute Gasteiger partial charge is 0.359 e. The van der Waals surface area contributed by atoms with Gasteiger partial charge in [-0.05, 0) is 37.3 Å². The second kappa shape index (κ2) is 15.8. The molecule has 0 fully saturated rings. The first-order valence-electron chi connectivity index (χ1n) is 15.4. The standard InChI is InChI=1S/C32H42N8O6/c1-20(2)16-25-31(44)37-26(17-22-8-6-5-7-9-22)30(43)33-14-15-40(28(41)11-10-23-12-13-34-39(23)4)19-24-18-27(38-46-24)32(45)35-21(3)29(42)36-25/h5-9,12-13,18,20-21,25-26H,10-11,14-17,19H2,1-4H3,(H,33,43)(H,35,45)(H,36,42)(H,37,44)/t21-,25-,26-/m1/s1. The second-order valence-electron chi connectivity index (χ2n) is 11.9. The van der Waals surface area contributed by atoms with Crippen LogP contribution in [-0.2, 0) is 45.6 Å². The van der Waals surface area contributed by atoms with Crippen molar-refractivity contribution in [3.05, 3.63) is 71.4 Å². The van der Waals surface area contributed by atoms with Crippen molar-refractivity contribution in [1.82, 2.24) is 41.1 Å². The van der Waals surface area contributed by atoms with Crippen LogP contribution in [0.4, 0.5) is 0 Å². The molecule has 1 aliphatic heterocycles. The van der Waals surface area contributed by atoms with E-state index in [9.17, 15) is 24.0 Å². The summed E-state index contributed by atoms with van der Waals surface area (Å²) >= 11 is 0. The average molecular weight is 635 g/mol. The fraction of sp³-hybridized carbons (Fsp3) is 0.469. The highest BCUT2D eigenvalue weighted by Crippen LogP contribution is 2.12. The van der Waals surface area contributed by atoms with Crippen LogP contribution in [-0.4, -0.2) is 80.6 Å². The Labute approximate surface area is 267 Å². The van der Waals surface area contributed by atoms with Crippen molar-refractivity contribution in [3.63, 3.8) is 0 Å². The molecule has 2 bridgehead atoms. The molecule has 14 heteroatoms. The topological polar surface area (TPSA) is 181 Å². The van der Waals surface area contributed by atoms with Crippen LogP contribution in [0.15, 0.2) is 53.2 Å². The van der Waals surface area contributed by atoms with Gasteiger partial charge in [0.2, 0.25) is 23.6 Å². The minimum absolute atomic E-state index is 0.00251. The summed E-state index contributed by atoms with van der Waals surface area (Å²) in [6.07, 6.45) is 2.80. The number of rotatable bonds is 7. The highest BCUT2D eigenvalue weighted by Gasteiger charge is 2.30. The second-order valence-corrected chi connectivity index (χ2v) is 11.9. The Morgan fingerprint density at radius 3 is 2.43 bits per heavy atom. The Bertz CT molecular complexity index is 1520. The average Bonchev–Trinajstić information content (AvgIpc) is 3.67.